The Morgan fingerprint density at radius 1 is 0.868 bits per heavy atom. The highest BCUT2D eigenvalue weighted by molar-refractivity contribution is 6.38. The summed E-state index contributed by atoms with van der Waals surface area (Å²) in [6.45, 7) is 5.59. The van der Waals surface area contributed by atoms with Crippen LogP contribution in [0.5, 0.6) is 0 Å². The molecule has 178 valence electrons. The second kappa shape index (κ2) is 8.60. The second-order valence-corrected chi connectivity index (χ2v) is 10.5. The topological polar surface area (TPSA) is 49.8 Å². The average molecular weight is 490 g/mol. The van der Waals surface area contributed by atoms with Gasteiger partial charge in [0.25, 0.3) is 0 Å². The number of hydrogen-bond acceptors (Lipinski definition) is 3. The molecule has 0 atom stereocenters. The average Bonchev–Trinajstić information content (AvgIpc) is 3.28. The van der Waals surface area contributed by atoms with Crippen molar-refractivity contribution in [3.63, 3.8) is 0 Å². The molecule has 0 aliphatic heterocycles. The first-order valence-corrected chi connectivity index (χ1v) is 12.3. The Hall–Kier alpha value is -4.36. The van der Waals surface area contributed by atoms with Crippen LogP contribution in [0.25, 0.3) is 55.1 Å². The summed E-state index contributed by atoms with van der Waals surface area (Å²) >= 11 is 0. The lowest BCUT2D eigenvalue weighted by Gasteiger charge is -2.24. The molecule has 0 amide bonds. The Kier molecular flexibility index (Phi) is 5.43. The molecule has 0 spiro atoms. The van der Waals surface area contributed by atoms with E-state index in [4.69, 9.17) is 20.1 Å². The van der Waals surface area contributed by atoms with Crippen molar-refractivity contribution in [3.05, 3.63) is 89.7 Å². The predicted molar refractivity (Wildman–Crippen MR) is 154 cm³/mol. The SMILES string of the molecule is [B]c1nc(-c2cccc3c2oc2c(-c4ccc5ccccc5c4)c(C#N)ccc23)c([B])c(F)c1C(C)(C)C. The second-order valence-electron chi connectivity index (χ2n) is 10.5. The van der Waals surface area contributed by atoms with Crippen LogP contribution >= 0.6 is 0 Å². The minimum atomic E-state index is -0.572. The van der Waals surface area contributed by atoms with Crippen LogP contribution in [0, 0.1) is 17.1 Å². The Bertz CT molecular complexity index is 1960. The van der Waals surface area contributed by atoms with E-state index in [1.54, 1.807) is 12.1 Å². The molecule has 4 radical (unpaired) electrons. The Morgan fingerprint density at radius 2 is 1.61 bits per heavy atom. The fourth-order valence-corrected chi connectivity index (χ4v) is 5.28. The highest BCUT2D eigenvalue weighted by Crippen LogP contribution is 2.41. The van der Waals surface area contributed by atoms with Crippen molar-refractivity contribution in [1.82, 2.24) is 4.98 Å². The van der Waals surface area contributed by atoms with Gasteiger partial charge in [-0.3, -0.25) is 4.98 Å². The summed E-state index contributed by atoms with van der Waals surface area (Å²) in [5.74, 6) is -0.572. The molecule has 4 aromatic carbocycles. The van der Waals surface area contributed by atoms with Crippen LogP contribution in [-0.2, 0) is 5.41 Å². The summed E-state index contributed by atoms with van der Waals surface area (Å²) in [5.41, 5.74) is 3.63. The van der Waals surface area contributed by atoms with Crippen LogP contribution in [0.15, 0.2) is 77.2 Å². The molecule has 6 aromatic rings. The van der Waals surface area contributed by atoms with Crippen LogP contribution in [-0.4, -0.2) is 20.7 Å². The molecule has 0 aliphatic rings. The summed E-state index contributed by atoms with van der Waals surface area (Å²) in [6, 6.07) is 25.7. The number of pyridine rings is 1. The quantitative estimate of drug-likeness (QED) is 0.266. The number of benzene rings is 4. The third-order valence-electron chi connectivity index (χ3n) is 7.03. The number of halogens is 1. The van der Waals surface area contributed by atoms with Gasteiger partial charge in [0.2, 0.25) is 0 Å². The number of fused-ring (bicyclic) bond motifs is 4. The van der Waals surface area contributed by atoms with Gasteiger partial charge in [0.05, 0.1) is 17.3 Å². The largest absolute Gasteiger partial charge is 0.455 e. The van der Waals surface area contributed by atoms with Gasteiger partial charge < -0.3 is 4.42 Å². The van der Waals surface area contributed by atoms with Gasteiger partial charge in [-0.1, -0.05) is 69.3 Å². The first kappa shape index (κ1) is 24.0. The van der Waals surface area contributed by atoms with Crippen molar-refractivity contribution in [2.75, 3.05) is 0 Å². The molecule has 0 bridgehead atoms. The molecule has 2 aromatic heterocycles. The molecule has 0 unspecified atom stereocenters. The Morgan fingerprint density at radius 3 is 2.34 bits per heavy atom. The number of hydrogen-bond donors (Lipinski definition) is 0. The van der Waals surface area contributed by atoms with Crippen LogP contribution in [0.3, 0.4) is 0 Å². The van der Waals surface area contributed by atoms with Crippen molar-refractivity contribution >= 4 is 59.5 Å². The van der Waals surface area contributed by atoms with Crippen molar-refractivity contribution in [1.29, 1.82) is 5.26 Å². The molecule has 0 aliphatic carbocycles. The van der Waals surface area contributed by atoms with E-state index in [0.29, 0.717) is 27.9 Å². The third-order valence-corrected chi connectivity index (χ3v) is 7.03. The zero-order chi connectivity index (χ0) is 26.8. The first-order valence-electron chi connectivity index (χ1n) is 12.3. The number of para-hydroxylation sites is 1. The molecule has 38 heavy (non-hydrogen) atoms. The van der Waals surface area contributed by atoms with E-state index in [-0.39, 0.29) is 22.3 Å². The van der Waals surface area contributed by atoms with E-state index < -0.39 is 11.2 Å². The summed E-state index contributed by atoms with van der Waals surface area (Å²) in [7, 11) is 12.6. The molecule has 6 rings (SSSR count). The van der Waals surface area contributed by atoms with E-state index in [9.17, 15) is 5.26 Å². The van der Waals surface area contributed by atoms with Gasteiger partial charge in [-0.2, -0.15) is 5.26 Å². The van der Waals surface area contributed by atoms with Crippen molar-refractivity contribution in [3.8, 4) is 28.5 Å². The van der Waals surface area contributed by atoms with Gasteiger partial charge in [0, 0.05) is 27.5 Å². The van der Waals surface area contributed by atoms with Crippen molar-refractivity contribution < 1.29 is 8.81 Å². The Labute approximate surface area is 222 Å². The van der Waals surface area contributed by atoms with Crippen molar-refractivity contribution in [2.45, 2.75) is 26.2 Å². The van der Waals surface area contributed by atoms with E-state index in [2.05, 4.69) is 17.1 Å². The van der Waals surface area contributed by atoms with Crippen LogP contribution < -0.4 is 11.1 Å². The molecule has 6 heteroatoms. The number of nitrogens with zero attached hydrogens (tertiary/aromatic N) is 2. The standard InChI is InChI=1S/C32H21B2FN2O/c1-32(2,3)25-27(35)26(33)28(37-31(25)34)23-10-6-9-21-22-14-13-20(16-36)24(30(22)38-29(21)23)19-12-11-17-7-4-5-8-18(17)15-19/h4-15H,1-3H3. The highest BCUT2D eigenvalue weighted by Gasteiger charge is 2.26. The maximum Gasteiger partial charge on any atom is 0.144 e. The number of aromatic nitrogens is 1. The maximum atomic E-state index is 15.5. The van der Waals surface area contributed by atoms with E-state index >= 15 is 4.39 Å². The minimum absolute atomic E-state index is 0.0791. The third kappa shape index (κ3) is 3.62. The molecular formula is C32H21B2FN2O. The zero-order valence-corrected chi connectivity index (χ0v) is 21.3. The lowest BCUT2D eigenvalue weighted by molar-refractivity contribution is 0.529. The van der Waals surface area contributed by atoms with E-state index in [1.165, 1.54) is 0 Å². The van der Waals surface area contributed by atoms with E-state index in [1.807, 2.05) is 75.4 Å². The molecular weight excluding hydrogens is 469 g/mol. The molecule has 0 N–H and O–H groups in total. The first-order chi connectivity index (χ1) is 18.2. The van der Waals surface area contributed by atoms with Gasteiger partial charge in [0.1, 0.15) is 32.7 Å². The van der Waals surface area contributed by atoms with Gasteiger partial charge in [-0.15, -0.1) is 0 Å². The van der Waals surface area contributed by atoms with Gasteiger partial charge in [-0.05, 0) is 57.1 Å². The molecule has 0 saturated carbocycles. The smallest absolute Gasteiger partial charge is 0.144 e. The maximum absolute atomic E-state index is 15.5. The predicted octanol–water partition coefficient (Wildman–Crippen LogP) is 6.36. The number of nitriles is 1. The normalized spacial score (nSPS) is 11.9. The molecule has 2 heterocycles. The van der Waals surface area contributed by atoms with Crippen LogP contribution in [0.1, 0.15) is 31.9 Å². The summed E-state index contributed by atoms with van der Waals surface area (Å²) in [6.07, 6.45) is 0. The van der Waals surface area contributed by atoms with Crippen LogP contribution in [0.2, 0.25) is 0 Å². The van der Waals surface area contributed by atoms with Gasteiger partial charge >= 0.3 is 0 Å². The summed E-state index contributed by atoms with van der Waals surface area (Å²) < 4.78 is 22.0. The highest BCUT2D eigenvalue weighted by atomic mass is 19.1. The fourth-order valence-electron chi connectivity index (χ4n) is 5.28. The molecule has 3 nitrogen and oxygen atoms in total. The lowest BCUT2D eigenvalue weighted by atomic mass is 9.76. The number of rotatable bonds is 2. The minimum Gasteiger partial charge on any atom is -0.455 e. The summed E-state index contributed by atoms with van der Waals surface area (Å²) in [4.78, 5) is 4.54. The van der Waals surface area contributed by atoms with Crippen LogP contribution in [0.4, 0.5) is 4.39 Å². The van der Waals surface area contributed by atoms with E-state index in [0.717, 1.165) is 27.1 Å². The monoisotopic (exact) mass is 490 g/mol. The Balaban J connectivity index is 1.66. The van der Waals surface area contributed by atoms with Crippen molar-refractivity contribution in [2.24, 2.45) is 0 Å². The number of furan rings is 1. The lowest BCUT2D eigenvalue weighted by Crippen LogP contribution is -2.34. The molecule has 0 fully saturated rings. The van der Waals surface area contributed by atoms with Gasteiger partial charge in [0.15, 0.2) is 0 Å². The van der Waals surface area contributed by atoms with Gasteiger partial charge in [-0.25, -0.2) is 4.39 Å². The molecule has 0 saturated heterocycles. The zero-order valence-electron chi connectivity index (χ0n) is 21.3. The fraction of sp³-hybridized carbons (Fsp3) is 0.125. The summed E-state index contributed by atoms with van der Waals surface area (Å²) in [5, 5.41) is 13.8.